The molecule has 1 saturated carbocycles. The molecular weight excluding hydrogens is 400 g/mol. The fourth-order valence-corrected chi connectivity index (χ4v) is 3.64. The highest BCUT2D eigenvalue weighted by molar-refractivity contribution is 6.99. The van der Waals surface area contributed by atoms with Gasteiger partial charge in [-0.25, -0.2) is 4.98 Å². The number of amides is 2. The normalized spacial score (nSPS) is 20.4. The third kappa shape index (κ3) is 6.61. The van der Waals surface area contributed by atoms with Gasteiger partial charge in [0.1, 0.15) is 0 Å². The van der Waals surface area contributed by atoms with E-state index in [1.807, 2.05) is 10.8 Å². The molecule has 29 heavy (non-hydrogen) atoms. The number of nitrogens with one attached hydrogen (secondary N) is 2. The first kappa shape index (κ1) is 22.4. The Morgan fingerprint density at radius 3 is 2.76 bits per heavy atom. The second-order valence-corrected chi connectivity index (χ2v) is 7.09. The molecule has 2 amide bonds. The van der Waals surface area contributed by atoms with Gasteiger partial charge in [-0.15, -0.1) is 0 Å². The van der Waals surface area contributed by atoms with Gasteiger partial charge in [0.05, 0.1) is 35.9 Å². The van der Waals surface area contributed by atoms with Crippen molar-refractivity contribution in [1.29, 1.82) is 0 Å². The maximum atomic E-state index is 12.3. The Balaban J connectivity index is 0.000000941. The van der Waals surface area contributed by atoms with E-state index in [4.69, 9.17) is 9.90 Å². The van der Waals surface area contributed by atoms with Gasteiger partial charge in [0, 0.05) is 31.4 Å². The molecule has 0 aromatic carbocycles. The molecule has 0 spiro atoms. The molecule has 2 heterocycles. The van der Waals surface area contributed by atoms with Gasteiger partial charge in [0.15, 0.2) is 5.69 Å². The number of aliphatic hydroxyl groups is 1. The highest BCUT2D eigenvalue weighted by Crippen LogP contribution is 2.26. The van der Waals surface area contributed by atoms with Crippen molar-refractivity contribution in [1.82, 2.24) is 28.9 Å². The Bertz CT molecular complexity index is 796. The van der Waals surface area contributed by atoms with Crippen LogP contribution in [0, 0.1) is 12.8 Å². The monoisotopic (exact) mass is 424 g/mol. The molecule has 3 atom stereocenters. The maximum absolute atomic E-state index is 12.3. The van der Waals surface area contributed by atoms with Gasteiger partial charge in [-0.05, 0) is 26.2 Å². The van der Waals surface area contributed by atoms with Gasteiger partial charge >= 0.3 is 0 Å². The molecule has 2 aromatic rings. The first-order valence-electron chi connectivity index (χ1n) is 9.05. The number of rotatable bonds is 7. The van der Waals surface area contributed by atoms with E-state index >= 15 is 0 Å². The molecular formula is C17H24N6O5S. The van der Waals surface area contributed by atoms with Gasteiger partial charge in [-0.2, -0.15) is 8.75 Å². The van der Waals surface area contributed by atoms with Crippen molar-refractivity contribution >= 4 is 30.0 Å². The Kier molecular flexibility index (Phi) is 8.68. The lowest BCUT2D eigenvalue weighted by atomic mass is 10.1. The highest BCUT2D eigenvalue weighted by atomic mass is 32.1. The molecule has 11 nitrogen and oxygen atoms in total. The van der Waals surface area contributed by atoms with Crippen LogP contribution in [0.25, 0.3) is 0 Å². The van der Waals surface area contributed by atoms with Crippen LogP contribution in [-0.4, -0.2) is 65.5 Å². The summed E-state index contributed by atoms with van der Waals surface area (Å²) >= 11 is 0.976. The number of aliphatic hydroxyl groups excluding tert-OH is 1. The molecule has 3 rings (SSSR count). The van der Waals surface area contributed by atoms with E-state index in [9.17, 15) is 14.7 Å². The maximum Gasteiger partial charge on any atom is 0.290 e. The lowest BCUT2D eigenvalue weighted by Gasteiger charge is -2.15. The van der Waals surface area contributed by atoms with Crippen molar-refractivity contribution in [2.24, 2.45) is 5.92 Å². The third-order valence-electron chi connectivity index (χ3n) is 4.54. The standard InChI is InChI=1S/C16H22N6O3S.CH2O2/c1-10-14(21-26-20-10)16(25)19-12-7-11(8-13(12)23)15(24)18-3-2-5-22-6-4-17-9-22;2-1-3/h4,6,9,11-13,23H,2-3,5,7-8H2,1H3,(H,18,24)(H,19,25);1H,(H,2,3)/t11-,12+,13+;/m0./s1. The average molecular weight is 424 g/mol. The molecule has 1 aliphatic carbocycles. The smallest absolute Gasteiger partial charge is 0.290 e. The minimum Gasteiger partial charge on any atom is -0.483 e. The van der Waals surface area contributed by atoms with Gasteiger partial charge in [0.25, 0.3) is 12.4 Å². The van der Waals surface area contributed by atoms with Gasteiger partial charge in [-0.1, -0.05) is 0 Å². The van der Waals surface area contributed by atoms with Crippen LogP contribution < -0.4 is 10.6 Å². The van der Waals surface area contributed by atoms with Crippen molar-refractivity contribution in [3.8, 4) is 0 Å². The number of carbonyl (C=O) groups excluding carboxylic acids is 2. The van der Waals surface area contributed by atoms with Crippen molar-refractivity contribution in [2.75, 3.05) is 6.54 Å². The zero-order valence-corrected chi connectivity index (χ0v) is 16.7. The van der Waals surface area contributed by atoms with Crippen LogP contribution in [0.1, 0.15) is 35.4 Å². The summed E-state index contributed by atoms with van der Waals surface area (Å²) in [5, 5.41) is 22.7. The van der Waals surface area contributed by atoms with Crippen molar-refractivity contribution in [3.05, 3.63) is 30.1 Å². The highest BCUT2D eigenvalue weighted by Gasteiger charge is 2.38. The van der Waals surface area contributed by atoms with E-state index in [-0.39, 0.29) is 29.9 Å². The molecule has 0 bridgehead atoms. The number of hydrogen-bond acceptors (Lipinski definition) is 8. The van der Waals surface area contributed by atoms with E-state index in [1.54, 1.807) is 19.4 Å². The third-order valence-corrected chi connectivity index (χ3v) is 5.16. The van der Waals surface area contributed by atoms with E-state index in [1.165, 1.54) is 0 Å². The van der Waals surface area contributed by atoms with Gasteiger partial charge in [-0.3, -0.25) is 14.4 Å². The predicted octanol–water partition coefficient (Wildman–Crippen LogP) is -0.180. The molecule has 0 aliphatic heterocycles. The topological polar surface area (TPSA) is 159 Å². The fraction of sp³-hybridized carbons (Fsp3) is 0.529. The Labute approximate surface area is 171 Å². The minimum atomic E-state index is -0.743. The SMILES string of the molecule is Cc1nsnc1C(=O)N[C@@H]1C[C@H](C(=O)NCCCn2ccnc2)C[C@H]1O.O=CO. The van der Waals surface area contributed by atoms with E-state index in [0.717, 1.165) is 24.7 Å². The van der Waals surface area contributed by atoms with Crippen LogP contribution in [-0.2, 0) is 16.1 Å². The molecule has 158 valence electrons. The van der Waals surface area contributed by atoms with Crippen molar-refractivity contribution in [2.45, 2.75) is 44.9 Å². The summed E-state index contributed by atoms with van der Waals surface area (Å²) in [5.41, 5.74) is 0.835. The molecule has 0 saturated heterocycles. The zero-order valence-electron chi connectivity index (χ0n) is 15.9. The summed E-state index contributed by atoms with van der Waals surface area (Å²) < 4.78 is 9.88. The summed E-state index contributed by atoms with van der Waals surface area (Å²) in [6.07, 6.45) is 6.14. The van der Waals surface area contributed by atoms with E-state index in [0.29, 0.717) is 25.1 Å². The number of aromatic nitrogens is 4. The van der Waals surface area contributed by atoms with Crippen LogP contribution in [0.2, 0.25) is 0 Å². The second kappa shape index (κ2) is 11.2. The fourth-order valence-electron chi connectivity index (χ4n) is 3.10. The zero-order chi connectivity index (χ0) is 21.2. The molecule has 2 aromatic heterocycles. The molecule has 4 N–H and O–H groups in total. The summed E-state index contributed by atoms with van der Waals surface area (Å²) in [6, 6.07) is -0.453. The Morgan fingerprint density at radius 1 is 1.38 bits per heavy atom. The summed E-state index contributed by atoms with van der Waals surface area (Å²) in [7, 11) is 0. The van der Waals surface area contributed by atoms with Crippen LogP contribution in [0.3, 0.4) is 0 Å². The van der Waals surface area contributed by atoms with Crippen LogP contribution >= 0.6 is 11.7 Å². The Hall–Kier alpha value is -2.86. The quantitative estimate of drug-likeness (QED) is 0.352. The number of imidazole rings is 1. The number of carboxylic acid groups (broad SMARTS) is 1. The molecule has 0 unspecified atom stereocenters. The number of carbonyl (C=O) groups is 3. The van der Waals surface area contributed by atoms with Crippen molar-refractivity contribution < 1.29 is 24.6 Å². The van der Waals surface area contributed by atoms with Gasteiger partial charge < -0.3 is 25.4 Å². The van der Waals surface area contributed by atoms with E-state index < -0.39 is 12.1 Å². The lowest BCUT2D eigenvalue weighted by molar-refractivity contribution is -0.125. The molecule has 12 heteroatoms. The number of hydrogen-bond donors (Lipinski definition) is 4. The summed E-state index contributed by atoms with van der Waals surface area (Å²) in [6.45, 7) is 2.81. The van der Waals surface area contributed by atoms with Crippen LogP contribution in [0.15, 0.2) is 18.7 Å². The summed E-state index contributed by atoms with van der Waals surface area (Å²) in [5.74, 6) is -0.752. The first-order valence-corrected chi connectivity index (χ1v) is 9.78. The minimum absolute atomic E-state index is 0.0852. The van der Waals surface area contributed by atoms with Crippen molar-refractivity contribution in [3.63, 3.8) is 0 Å². The first-order chi connectivity index (χ1) is 14.0. The predicted molar refractivity (Wildman–Crippen MR) is 103 cm³/mol. The Morgan fingerprint density at radius 2 is 2.14 bits per heavy atom. The van der Waals surface area contributed by atoms with E-state index in [2.05, 4.69) is 24.4 Å². The summed E-state index contributed by atoms with van der Waals surface area (Å²) in [4.78, 5) is 36.8. The lowest BCUT2D eigenvalue weighted by Crippen LogP contribution is -2.40. The average Bonchev–Trinajstić information content (AvgIpc) is 3.42. The largest absolute Gasteiger partial charge is 0.483 e. The number of aryl methyl sites for hydroxylation is 2. The van der Waals surface area contributed by atoms with Crippen LogP contribution in [0.5, 0.6) is 0 Å². The number of nitrogens with zero attached hydrogens (tertiary/aromatic N) is 4. The molecule has 0 radical (unpaired) electrons. The molecule has 1 fully saturated rings. The van der Waals surface area contributed by atoms with Crippen LogP contribution in [0.4, 0.5) is 0 Å². The van der Waals surface area contributed by atoms with Gasteiger partial charge in [0.2, 0.25) is 5.91 Å². The molecule has 1 aliphatic rings. The second-order valence-electron chi connectivity index (χ2n) is 6.56.